The third-order valence-electron chi connectivity index (χ3n) is 4.37. The van der Waals surface area contributed by atoms with E-state index in [1.54, 1.807) is 0 Å². The predicted molar refractivity (Wildman–Crippen MR) is 114 cm³/mol. The van der Waals surface area contributed by atoms with Crippen LogP contribution in [0.25, 0.3) is 11.3 Å². The highest BCUT2D eigenvalue weighted by Gasteiger charge is 2.20. The van der Waals surface area contributed by atoms with Crippen molar-refractivity contribution >= 4 is 34.9 Å². The number of anilines is 1. The first-order valence-electron chi connectivity index (χ1n) is 9.24. The minimum absolute atomic E-state index is 0.221. The van der Waals surface area contributed by atoms with Gasteiger partial charge in [-0.2, -0.15) is 0 Å². The fourth-order valence-corrected chi connectivity index (χ4v) is 3.36. The van der Waals surface area contributed by atoms with Gasteiger partial charge in [0.15, 0.2) is 11.4 Å². The van der Waals surface area contributed by atoms with Crippen LogP contribution in [0.1, 0.15) is 41.3 Å². The summed E-state index contributed by atoms with van der Waals surface area (Å²) in [5.74, 6) is 0.160. The van der Waals surface area contributed by atoms with Gasteiger partial charge < -0.3 is 10.1 Å². The highest BCUT2D eigenvalue weighted by molar-refractivity contribution is 6.37. The van der Waals surface area contributed by atoms with E-state index in [0.29, 0.717) is 18.1 Å². The number of aromatic nitrogens is 2. The van der Waals surface area contributed by atoms with Crippen LogP contribution in [0.4, 0.5) is 5.82 Å². The first-order valence-corrected chi connectivity index (χ1v) is 9.99. The SMILES string of the molecule is CCCCOc1c(Cl)cc(C(=O)Nc2nonc2-c2cc(C)ccc2C)cc1Cl. The molecule has 2 aromatic carbocycles. The largest absolute Gasteiger partial charge is 0.490 e. The number of halogens is 2. The summed E-state index contributed by atoms with van der Waals surface area (Å²) in [5.41, 5.74) is 3.61. The number of carbonyl (C=O) groups is 1. The maximum Gasteiger partial charge on any atom is 0.257 e. The molecule has 3 rings (SSSR count). The van der Waals surface area contributed by atoms with Crippen molar-refractivity contribution in [2.75, 3.05) is 11.9 Å². The molecule has 0 saturated heterocycles. The molecule has 1 heterocycles. The van der Waals surface area contributed by atoms with Crippen molar-refractivity contribution in [3.63, 3.8) is 0 Å². The van der Waals surface area contributed by atoms with Crippen molar-refractivity contribution in [1.29, 1.82) is 0 Å². The number of benzene rings is 2. The van der Waals surface area contributed by atoms with Crippen LogP contribution in [0.2, 0.25) is 10.0 Å². The van der Waals surface area contributed by atoms with Crippen molar-refractivity contribution in [2.24, 2.45) is 0 Å². The van der Waals surface area contributed by atoms with Crippen LogP contribution in [0.15, 0.2) is 35.0 Å². The number of amides is 1. The Morgan fingerprint density at radius 1 is 1.14 bits per heavy atom. The molecule has 1 N–H and O–H groups in total. The lowest BCUT2D eigenvalue weighted by atomic mass is 10.0. The second kappa shape index (κ2) is 9.29. The number of hydrogen-bond acceptors (Lipinski definition) is 5. The van der Waals surface area contributed by atoms with Crippen LogP contribution in [-0.4, -0.2) is 22.8 Å². The molecule has 1 aromatic heterocycles. The minimum atomic E-state index is -0.434. The van der Waals surface area contributed by atoms with Gasteiger partial charge in [0.05, 0.1) is 16.7 Å². The van der Waals surface area contributed by atoms with Crippen LogP contribution >= 0.6 is 23.2 Å². The molecule has 6 nitrogen and oxygen atoms in total. The van der Waals surface area contributed by atoms with Crippen LogP contribution in [0.5, 0.6) is 5.75 Å². The van der Waals surface area contributed by atoms with Crippen LogP contribution in [-0.2, 0) is 0 Å². The molecule has 0 aliphatic rings. The van der Waals surface area contributed by atoms with Gasteiger partial charge in [0.25, 0.3) is 5.91 Å². The summed E-state index contributed by atoms with van der Waals surface area (Å²) < 4.78 is 10.5. The lowest BCUT2D eigenvalue weighted by molar-refractivity contribution is 0.102. The third kappa shape index (κ3) is 4.89. The van der Waals surface area contributed by atoms with E-state index in [2.05, 4.69) is 22.6 Å². The molecular weight excluding hydrogens is 413 g/mol. The van der Waals surface area contributed by atoms with E-state index >= 15 is 0 Å². The number of nitrogens with zero attached hydrogens (tertiary/aromatic N) is 2. The van der Waals surface area contributed by atoms with Gasteiger partial charge in [0.2, 0.25) is 5.82 Å². The van der Waals surface area contributed by atoms with E-state index in [0.717, 1.165) is 29.5 Å². The number of hydrogen-bond donors (Lipinski definition) is 1. The average molecular weight is 434 g/mol. The summed E-state index contributed by atoms with van der Waals surface area (Å²) in [6, 6.07) is 8.95. The van der Waals surface area contributed by atoms with Gasteiger partial charge in [-0.25, -0.2) is 4.63 Å². The molecule has 0 saturated carbocycles. The highest BCUT2D eigenvalue weighted by atomic mass is 35.5. The first kappa shape index (κ1) is 21.1. The number of ether oxygens (including phenoxy) is 1. The Kier molecular flexibility index (Phi) is 6.77. The molecule has 8 heteroatoms. The monoisotopic (exact) mass is 433 g/mol. The maximum absolute atomic E-state index is 12.7. The van der Waals surface area contributed by atoms with Crippen molar-refractivity contribution in [1.82, 2.24) is 10.3 Å². The zero-order valence-corrected chi connectivity index (χ0v) is 17.9. The number of carbonyl (C=O) groups excluding carboxylic acids is 1. The standard InChI is InChI=1S/C21H21Cl2N3O3/c1-4-5-8-28-19-16(22)10-14(11-17(19)23)21(27)24-20-18(25-29-26-20)15-9-12(2)6-7-13(15)3/h6-7,9-11H,4-5,8H2,1-3H3,(H,24,26,27). The van der Waals surface area contributed by atoms with E-state index < -0.39 is 5.91 Å². The molecule has 152 valence electrons. The van der Waals surface area contributed by atoms with Crippen molar-refractivity contribution in [3.05, 3.63) is 57.1 Å². The zero-order chi connectivity index (χ0) is 21.0. The fraction of sp³-hybridized carbons (Fsp3) is 0.286. The summed E-state index contributed by atoms with van der Waals surface area (Å²) >= 11 is 12.5. The van der Waals surface area contributed by atoms with E-state index in [1.165, 1.54) is 12.1 Å². The Morgan fingerprint density at radius 2 is 1.86 bits per heavy atom. The molecule has 0 bridgehead atoms. The van der Waals surface area contributed by atoms with E-state index in [4.69, 9.17) is 32.6 Å². The van der Waals surface area contributed by atoms with Crippen LogP contribution < -0.4 is 10.1 Å². The van der Waals surface area contributed by atoms with E-state index in [1.807, 2.05) is 32.0 Å². The Balaban J connectivity index is 1.83. The summed E-state index contributed by atoms with van der Waals surface area (Å²) in [6.45, 7) is 6.49. The summed E-state index contributed by atoms with van der Waals surface area (Å²) in [7, 11) is 0. The Hall–Kier alpha value is -2.57. The molecule has 3 aromatic rings. The molecule has 0 spiro atoms. The zero-order valence-electron chi connectivity index (χ0n) is 16.4. The van der Waals surface area contributed by atoms with Gasteiger partial charge in [0, 0.05) is 11.1 Å². The summed E-state index contributed by atoms with van der Waals surface area (Å²) in [6.07, 6.45) is 1.87. The van der Waals surface area contributed by atoms with Gasteiger partial charge in [0.1, 0.15) is 0 Å². The van der Waals surface area contributed by atoms with E-state index in [-0.39, 0.29) is 21.4 Å². The Bertz CT molecular complexity index is 1010. The molecule has 1 amide bonds. The summed E-state index contributed by atoms with van der Waals surface area (Å²) in [4.78, 5) is 12.7. The van der Waals surface area contributed by atoms with Gasteiger partial charge in [-0.15, -0.1) is 0 Å². The normalized spacial score (nSPS) is 10.8. The molecule has 0 unspecified atom stereocenters. The number of unbranched alkanes of at least 4 members (excludes halogenated alkanes) is 1. The smallest absolute Gasteiger partial charge is 0.257 e. The first-order chi connectivity index (χ1) is 13.9. The van der Waals surface area contributed by atoms with Crippen molar-refractivity contribution in [2.45, 2.75) is 33.6 Å². The highest BCUT2D eigenvalue weighted by Crippen LogP contribution is 2.35. The second-order valence-electron chi connectivity index (χ2n) is 6.70. The van der Waals surface area contributed by atoms with E-state index in [9.17, 15) is 4.79 Å². The van der Waals surface area contributed by atoms with Gasteiger partial charge in [-0.05, 0) is 54.3 Å². The number of nitrogens with one attached hydrogen (secondary N) is 1. The molecule has 0 atom stereocenters. The Morgan fingerprint density at radius 3 is 2.55 bits per heavy atom. The quantitative estimate of drug-likeness (QED) is 0.455. The molecular formula is C21H21Cl2N3O3. The molecule has 0 aliphatic carbocycles. The molecule has 29 heavy (non-hydrogen) atoms. The third-order valence-corrected chi connectivity index (χ3v) is 4.93. The predicted octanol–water partition coefficient (Wildman–Crippen LogP) is 6.09. The summed E-state index contributed by atoms with van der Waals surface area (Å²) in [5, 5.41) is 11.0. The topological polar surface area (TPSA) is 77.2 Å². The average Bonchev–Trinajstić information content (AvgIpc) is 3.13. The molecule has 0 fully saturated rings. The second-order valence-corrected chi connectivity index (χ2v) is 7.52. The number of aryl methyl sites for hydroxylation is 2. The van der Waals surface area contributed by atoms with Crippen LogP contribution in [0, 0.1) is 13.8 Å². The lowest BCUT2D eigenvalue weighted by Crippen LogP contribution is -2.13. The number of rotatable bonds is 7. The Labute approximate surface area is 179 Å². The van der Waals surface area contributed by atoms with Crippen molar-refractivity contribution < 1.29 is 14.2 Å². The van der Waals surface area contributed by atoms with Crippen LogP contribution in [0.3, 0.4) is 0 Å². The fourth-order valence-electron chi connectivity index (χ4n) is 2.77. The molecule has 0 aliphatic heterocycles. The lowest BCUT2D eigenvalue weighted by Gasteiger charge is -2.11. The van der Waals surface area contributed by atoms with Crippen molar-refractivity contribution in [3.8, 4) is 17.0 Å². The van der Waals surface area contributed by atoms with Gasteiger partial charge in [-0.3, -0.25) is 4.79 Å². The van der Waals surface area contributed by atoms with Gasteiger partial charge >= 0.3 is 0 Å². The van der Waals surface area contributed by atoms with Gasteiger partial charge in [-0.1, -0.05) is 54.2 Å². The maximum atomic E-state index is 12.7. The minimum Gasteiger partial charge on any atom is -0.490 e. The molecule has 0 radical (unpaired) electrons.